The standard InChI is InChI=1S/C18H27BN2O4/c1-17(2)18(3,4)25-19(24-17)14-5-6-15(20-12-14)21-9-7-13(8-10-21)11-16(22)23/h5-6,12-13H,7-11H2,1-4H3,(H,22,23). The summed E-state index contributed by atoms with van der Waals surface area (Å²) in [6.07, 6.45) is 3.88. The molecule has 3 rings (SSSR count). The molecule has 6 nitrogen and oxygen atoms in total. The van der Waals surface area contributed by atoms with Crippen molar-refractivity contribution in [2.75, 3.05) is 18.0 Å². The van der Waals surface area contributed by atoms with Crippen LogP contribution in [0.3, 0.4) is 0 Å². The van der Waals surface area contributed by atoms with Crippen LogP contribution in [0.1, 0.15) is 47.0 Å². The molecule has 7 heteroatoms. The van der Waals surface area contributed by atoms with Crippen molar-refractivity contribution in [1.82, 2.24) is 4.98 Å². The van der Waals surface area contributed by atoms with Gasteiger partial charge in [0.25, 0.3) is 0 Å². The number of nitrogens with zero attached hydrogens (tertiary/aromatic N) is 2. The van der Waals surface area contributed by atoms with Gasteiger partial charge in [0.2, 0.25) is 0 Å². The normalized spacial score (nSPS) is 23.0. The second-order valence-electron chi connectivity index (χ2n) is 8.07. The predicted molar refractivity (Wildman–Crippen MR) is 97.1 cm³/mol. The largest absolute Gasteiger partial charge is 0.496 e. The highest BCUT2D eigenvalue weighted by atomic mass is 16.7. The lowest BCUT2D eigenvalue weighted by Gasteiger charge is -2.32. The van der Waals surface area contributed by atoms with Crippen LogP contribution in [0.25, 0.3) is 0 Å². The molecule has 3 heterocycles. The summed E-state index contributed by atoms with van der Waals surface area (Å²) in [6, 6.07) is 4.01. The van der Waals surface area contributed by atoms with Crippen LogP contribution in [0.2, 0.25) is 0 Å². The van der Waals surface area contributed by atoms with Gasteiger partial charge in [0.05, 0.1) is 11.2 Å². The summed E-state index contributed by atoms with van der Waals surface area (Å²) in [5.74, 6) is 0.496. The lowest BCUT2D eigenvalue weighted by molar-refractivity contribution is -0.138. The molecule has 25 heavy (non-hydrogen) atoms. The Kier molecular flexibility index (Phi) is 4.81. The number of piperidine rings is 1. The Morgan fingerprint density at radius 3 is 2.32 bits per heavy atom. The molecule has 2 saturated heterocycles. The van der Waals surface area contributed by atoms with Crippen molar-refractivity contribution < 1.29 is 19.2 Å². The van der Waals surface area contributed by atoms with Gasteiger partial charge in [-0.3, -0.25) is 4.79 Å². The maximum absolute atomic E-state index is 10.8. The van der Waals surface area contributed by atoms with Crippen molar-refractivity contribution >= 4 is 24.4 Å². The predicted octanol–water partition coefficient (Wildman–Crippen LogP) is 2.07. The van der Waals surface area contributed by atoms with E-state index < -0.39 is 13.1 Å². The molecule has 0 spiro atoms. The topological polar surface area (TPSA) is 71.9 Å². The Balaban J connectivity index is 1.61. The molecule has 1 aromatic rings. The molecule has 0 bridgehead atoms. The molecular formula is C18H27BN2O4. The molecule has 0 unspecified atom stereocenters. The molecular weight excluding hydrogens is 319 g/mol. The van der Waals surface area contributed by atoms with Gasteiger partial charge in [-0.15, -0.1) is 0 Å². The number of rotatable bonds is 4. The first-order valence-corrected chi connectivity index (χ1v) is 8.96. The van der Waals surface area contributed by atoms with Crippen LogP contribution in [0.5, 0.6) is 0 Å². The molecule has 2 aliphatic heterocycles. The second kappa shape index (κ2) is 6.61. The third-order valence-electron chi connectivity index (χ3n) is 5.70. The average Bonchev–Trinajstić information content (AvgIpc) is 2.76. The molecule has 0 amide bonds. The van der Waals surface area contributed by atoms with Crippen molar-refractivity contribution in [3.05, 3.63) is 18.3 Å². The Bertz CT molecular complexity index is 608. The van der Waals surface area contributed by atoms with E-state index in [2.05, 4.69) is 9.88 Å². The van der Waals surface area contributed by atoms with Crippen LogP contribution in [-0.2, 0) is 14.1 Å². The quantitative estimate of drug-likeness (QED) is 0.842. The fraction of sp³-hybridized carbons (Fsp3) is 0.667. The third kappa shape index (κ3) is 3.82. The van der Waals surface area contributed by atoms with Gasteiger partial charge >= 0.3 is 13.1 Å². The molecule has 136 valence electrons. The van der Waals surface area contributed by atoms with E-state index in [1.54, 1.807) is 0 Å². The van der Waals surface area contributed by atoms with Crippen molar-refractivity contribution in [3.63, 3.8) is 0 Å². The first-order valence-electron chi connectivity index (χ1n) is 8.96. The van der Waals surface area contributed by atoms with Gasteiger partial charge in [0.15, 0.2) is 0 Å². The number of carboxylic acids is 1. The number of aromatic nitrogens is 1. The van der Waals surface area contributed by atoms with E-state index >= 15 is 0 Å². The van der Waals surface area contributed by atoms with E-state index in [9.17, 15) is 4.79 Å². The summed E-state index contributed by atoms with van der Waals surface area (Å²) in [7, 11) is -0.396. The summed E-state index contributed by atoms with van der Waals surface area (Å²) >= 11 is 0. The molecule has 0 radical (unpaired) electrons. The average molecular weight is 346 g/mol. The highest BCUT2D eigenvalue weighted by molar-refractivity contribution is 6.62. The summed E-state index contributed by atoms with van der Waals surface area (Å²) in [4.78, 5) is 17.6. The van der Waals surface area contributed by atoms with Gasteiger partial charge in [-0.2, -0.15) is 0 Å². The number of aliphatic carboxylic acids is 1. The van der Waals surface area contributed by atoms with Gasteiger partial charge in [-0.25, -0.2) is 4.98 Å². The van der Waals surface area contributed by atoms with Crippen LogP contribution in [0.15, 0.2) is 18.3 Å². The minimum absolute atomic E-state index is 0.266. The first kappa shape index (κ1) is 18.2. The molecule has 0 aliphatic carbocycles. The maximum Gasteiger partial charge on any atom is 0.496 e. The zero-order valence-corrected chi connectivity index (χ0v) is 15.5. The van der Waals surface area contributed by atoms with Crippen molar-refractivity contribution in [2.45, 2.75) is 58.2 Å². The van der Waals surface area contributed by atoms with E-state index in [1.807, 2.05) is 46.0 Å². The van der Waals surface area contributed by atoms with Crippen LogP contribution in [-0.4, -0.2) is 47.5 Å². The molecule has 0 saturated carbocycles. The van der Waals surface area contributed by atoms with Gasteiger partial charge in [0.1, 0.15) is 5.82 Å². The summed E-state index contributed by atoms with van der Waals surface area (Å²) < 4.78 is 12.1. The minimum atomic E-state index is -0.705. The van der Waals surface area contributed by atoms with E-state index in [-0.39, 0.29) is 23.5 Å². The lowest BCUT2D eigenvalue weighted by Crippen LogP contribution is -2.41. The number of hydrogen-bond donors (Lipinski definition) is 1. The Morgan fingerprint density at radius 1 is 1.24 bits per heavy atom. The Hall–Kier alpha value is -1.60. The van der Waals surface area contributed by atoms with E-state index in [0.29, 0.717) is 0 Å². The van der Waals surface area contributed by atoms with E-state index in [1.165, 1.54) is 0 Å². The van der Waals surface area contributed by atoms with Gasteiger partial charge < -0.3 is 19.3 Å². The highest BCUT2D eigenvalue weighted by Crippen LogP contribution is 2.36. The van der Waals surface area contributed by atoms with Gasteiger partial charge in [0, 0.05) is 31.2 Å². The summed E-state index contributed by atoms with van der Waals surface area (Å²) in [5.41, 5.74) is 0.202. The molecule has 0 atom stereocenters. The third-order valence-corrected chi connectivity index (χ3v) is 5.70. The monoisotopic (exact) mass is 346 g/mol. The zero-order valence-electron chi connectivity index (χ0n) is 15.5. The lowest BCUT2D eigenvalue weighted by atomic mass is 9.80. The number of carboxylic acid groups (broad SMARTS) is 1. The van der Waals surface area contributed by atoms with Crippen molar-refractivity contribution in [1.29, 1.82) is 0 Å². The summed E-state index contributed by atoms with van der Waals surface area (Å²) in [6.45, 7) is 9.85. The second-order valence-corrected chi connectivity index (χ2v) is 8.07. The van der Waals surface area contributed by atoms with Gasteiger partial charge in [-0.1, -0.05) is 6.07 Å². The molecule has 1 aromatic heterocycles. The van der Waals surface area contributed by atoms with Crippen LogP contribution >= 0.6 is 0 Å². The molecule has 2 aliphatic rings. The fourth-order valence-corrected chi connectivity index (χ4v) is 3.32. The highest BCUT2D eigenvalue weighted by Gasteiger charge is 2.51. The minimum Gasteiger partial charge on any atom is -0.481 e. The Labute approximate surface area is 149 Å². The number of pyridine rings is 1. The van der Waals surface area contributed by atoms with E-state index in [4.69, 9.17) is 14.4 Å². The van der Waals surface area contributed by atoms with Crippen molar-refractivity contribution in [2.24, 2.45) is 5.92 Å². The van der Waals surface area contributed by atoms with Crippen LogP contribution < -0.4 is 10.4 Å². The number of carbonyl (C=O) groups is 1. The smallest absolute Gasteiger partial charge is 0.481 e. The Morgan fingerprint density at radius 2 is 1.84 bits per heavy atom. The van der Waals surface area contributed by atoms with Crippen LogP contribution in [0.4, 0.5) is 5.82 Å². The molecule has 1 N–H and O–H groups in total. The van der Waals surface area contributed by atoms with Crippen LogP contribution in [0, 0.1) is 5.92 Å². The SMILES string of the molecule is CC1(C)OB(c2ccc(N3CCC(CC(=O)O)CC3)nc2)OC1(C)C. The molecule has 2 fully saturated rings. The maximum atomic E-state index is 10.8. The van der Waals surface area contributed by atoms with E-state index in [0.717, 1.165) is 37.2 Å². The first-order chi connectivity index (χ1) is 11.7. The number of anilines is 1. The molecule has 0 aromatic carbocycles. The number of hydrogen-bond acceptors (Lipinski definition) is 5. The van der Waals surface area contributed by atoms with Gasteiger partial charge in [-0.05, 0) is 52.5 Å². The zero-order chi connectivity index (χ0) is 18.2. The summed E-state index contributed by atoms with van der Waals surface area (Å²) in [5, 5.41) is 8.91. The fourth-order valence-electron chi connectivity index (χ4n) is 3.32. The van der Waals surface area contributed by atoms with Crippen molar-refractivity contribution in [3.8, 4) is 0 Å².